The van der Waals surface area contributed by atoms with E-state index in [0.717, 1.165) is 10.1 Å². The van der Waals surface area contributed by atoms with E-state index in [1.54, 1.807) is 34.7 Å². The monoisotopic (exact) mass is 433 g/mol. The number of benzene rings is 1. The molecule has 0 aliphatic carbocycles. The number of aromatic nitrogens is 2. The second kappa shape index (κ2) is 10.4. The van der Waals surface area contributed by atoms with Crippen LogP contribution in [0, 0.1) is 0 Å². The molecule has 130 valence electrons. The molecule has 0 spiro atoms. The van der Waals surface area contributed by atoms with E-state index in [-0.39, 0.29) is 10.3 Å². The number of thioether (sulfide) groups is 1. The van der Waals surface area contributed by atoms with Crippen molar-refractivity contribution in [2.24, 2.45) is 0 Å². The number of carbonyl (C=O) groups is 1. The van der Waals surface area contributed by atoms with Gasteiger partial charge < -0.3 is 0 Å². The van der Waals surface area contributed by atoms with Crippen molar-refractivity contribution in [1.82, 2.24) is 10.2 Å². The predicted molar refractivity (Wildman–Crippen MR) is 93.6 cm³/mol. The first-order chi connectivity index (χ1) is 11.4. The van der Waals surface area contributed by atoms with Gasteiger partial charge in [0.05, 0.1) is 0 Å². The molecule has 0 saturated carbocycles. The van der Waals surface area contributed by atoms with Crippen LogP contribution in [-0.2, 0) is 12.4 Å². The standard InChI is InChI=1S/C8H10AsNO5.C5H6N2S2/c1-6(11)10-8-4-2-3-7(5-8)9(12,13)15-14;1-2-3-8-5-7-6-4-9-5/h2-5,14H,1H3,(H,10,11)(H,12,13);2,4H,1,3H2. The van der Waals surface area contributed by atoms with Crippen LogP contribution in [0.25, 0.3) is 0 Å². The zero-order chi connectivity index (χ0) is 18.0. The van der Waals surface area contributed by atoms with E-state index < -0.39 is 14.2 Å². The van der Waals surface area contributed by atoms with Crippen molar-refractivity contribution < 1.29 is 21.8 Å². The van der Waals surface area contributed by atoms with Crippen LogP contribution in [0.4, 0.5) is 5.69 Å². The Kier molecular flexibility index (Phi) is 8.97. The fourth-order valence-corrected chi connectivity index (χ4v) is 4.02. The van der Waals surface area contributed by atoms with Gasteiger partial charge in [-0.2, -0.15) is 0 Å². The number of amides is 1. The van der Waals surface area contributed by atoms with Gasteiger partial charge in [-0.1, -0.05) is 29.2 Å². The van der Waals surface area contributed by atoms with Crippen LogP contribution in [0.2, 0.25) is 0 Å². The SMILES string of the molecule is C=CCSc1nncs1.CC(=O)Nc1cccc([As](=O)(O)OO)c1. The Labute approximate surface area is 149 Å². The van der Waals surface area contributed by atoms with Crippen LogP contribution < -0.4 is 9.67 Å². The van der Waals surface area contributed by atoms with E-state index in [0.29, 0.717) is 5.69 Å². The summed E-state index contributed by atoms with van der Waals surface area (Å²) in [5, 5.41) is 18.2. The molecule has 1 aromatic carbocycles. The second-order valence-corrected chi connectivity index (χ2v) is 9.85. The molecule has 24 heavy (non-hydrogen) atoms. The van der Waals surface area contributed by atoms with Crippen LogP contribution >= 0.6 is 23.1 Å². The average Bonchev–Trinajstić information content (AvgIpc) is 3.06. The summed E-state index contributed by atoms with van der Waals surface area (Å²) < 4.78 is 25.0. The van der Waals surface area contributed by atoms with Gasteiger partial charge in [-0.05, 0) is 0 Å². The molecule has 3 N–H and O–H groups in total. The molecule has 0 aliphatic heterocycles. The van der Waals surface area contributed by atoms with Gasteiger partial charge in [-0.3, -0.25) is 0 Å². The Morgan fingerprint density at radius 2 is 2.33 bits per heavy atom. The summed E-state index contributed by atoms with van der Waals surface area (Å²) in [6.45, 7) is 4.91. The van der Waals surface area contributed by atoms with Crippen molar-refractivity contribution in [3.8, 4) is 0 Å². The first kappa shape index (κ1) is 20.6. The molecule has 0 saturated heterocycles. The summed E-state index contributed by atoms with van der Waals surface area (Å²) in [4.78, 5) is 10.7. The van der Waals surface area contributed by atoms with Gasteiger partial charge in [0.15, 0.2) is 4.34 Å². The Morgan fingerprint density at radius 1 is 1.58 bits per heavy atom. The molecule has 0 radical (unpaired) electrons. The number of anilines is 1. The van der Waals surface area contributed by atoms with E-state index in [1.165, 1.54) is 25.1 Å². The maximum atomic E-state index is 11.3. The summed E-state index contributed by atoms with van der Waals surface area (Å²) in [5.74, 6) is 0.618. The van der Waals surface area contributed by atoms with E-state index in [4.69, 9.17) is 5.26 Å². The van der Waals surface area contributed by atoms with Crippen molar-refractivity contribution in [2.75, 3.05) is 11.1 Å². The number of rotatable bonds is 6. The fourth-order valence-electron chi connectivity index (χ4n) is 1.37. The van der Waals surface area contributed by atoms with Crippen molar-refractivity contribution in [3.63, 3.8) is 0 Å². The van der Waals surface area contributed by atoms with Gasteiger partial charge in [0.1, 0.15) is 5.51 Å². The van der Waals surface area contributed by atoms with Crippen molar-refractivity contribution >= 4 is 53.2 Å². The summed E-state index contributed by atoms with van der Waals surface area (Å²) in [5.41, 5.74) is 2.10. The average molecular weight is 433 g/mol. The van der Waals surface area contributed by atoms with Crippen LogP contribution in [0.3, 0.4) is 0 Å². The van der Waals surface area contributed by atoms with Gasteiger partial charge in [0.25, 0.3) is 0 Å². The van der Waals surface area contributed by atoms with Gasteiger partial charge in [0.2, 0.25) is 0 Å². The number of nitrogens with zero attached hydrogens (tertiary/aromatic N) is 2. The molecule has 1 heterocycles. The molecule has 11 heteroatoms. The Hall–Kier alpha value is -1.42. The number of hydrogen-bond acceptors (Lipinski definition) is 8. The number of carbonyl (C=O) groups excluding carboxylic acids is 1. The molecule has 8 nitrogen and oxygen atoms in total. The molecular weight excluding hydrogens is 417 g/mol. The molecule has 2 aromatic rings. The second-order valence-electron chi connectivity index (χ2n) is 4.14. The molecule has 1 atom stereocenters. The third kappa shape index (κ3) is 7.43. The molecular formula is C13H16AsN3O5S2. The van der Waals surface area contributed by atoms with Gasteiger partial charge >= 0.3 is 88.4 Å². The topological polar surface area (TPSA) is 122 Å². The third-order valence-corrected chi connectivity index (χ3v) is 6.54. The van der Waals surface area contributed by atoms with Crippen LogP contribution in [0.5, 0.6) is 0 Å². The van der Waals surface area contributed by atoms with E-state index in [2.05, 4.69) is 26.0 Å². The Bertz CT molecular complexity index is 711. The van der Waals surface area contributed by atoms with Crippen LogP contribution in [0.1, 0.15) is 6.92 Å². The van der Waals surface area contributed by atoms with Crippen LogP contribution in [0.15, 0.2) is 46.8 Å². The first-order valence-corrected chi connectivity index (χ1v) is 11.6. The first-order valence-electron chi connectivity index (χ1n) is 6.43. The minimum absolute atomic E-state index is 0.0399. The minimum atomic E-state index is -4.83. The molecule has 2 rings (SSSR count). The third-order valence-electron chi connectivity index (χ3n) is 2.27. The Morgan fingerprint density at radius 3 is 2.88 bits per heavy atom. The Balaban J connectivity index is 0.000000272. The number of nitrogens with one attached hydrogen (secondary N) is 1. The quantitative estimate of drug-likeness (QED) is 0.206. The normalized spacial score (nSPS) is 12.5. The van der Waals surface area contributed by atoms with Gasteiger partial charge in [-0.15, -0.1) is 16.8 Å². The van der Waals surface area contributed by atoms with Gasteiger partial charge in [0, 0.05) is 5.75 Å². The summed E-state index contributed by atoms with van der Waals surface area (Å²) >= 11 is -1.62. The molecule has 0 bridgehead atoms. The van der Waals surface area contributed by atoms with Crippen LogP contribution in [-0.4, -0.2) is 45.4 Å². The fraction of sp³-hybridized carbons (Fsp3) is 0.154. The van der Waals surface area contributed by atoms with E-state index in [1.807, 2.05) is 6.08 Å². The van der Waals surface area contributed by atoms with Crippen molar-refractivity contribution in [3.05, 3.63) is 42.4 Å². The maximum absolute atomic E-state index is 11.3. The van der Waals surface area contributed by atoms with E-state index >= 15 is 0 Å². The van der Waals surface area contributed by atoms with Crippen molar-refractivity contribution in [2.45, 2.75) is 11.3 Å². The zero-order valence-electron chi connectivity index (χ0n) is 12.7. The number of hydrogen-bond donors (Lipinski definition) is 3. The molecule has 0 fully saturated rings. The summed E-state index contributed by atoms with van der Waals surface area (Å²) in [6.07, 6.45) is 1.85. The van der Waals surface area contributed by atoms with Crippen molar-refractivity contribution in [1.29, 1.82) is 0 Å². The van der Waals surface area contributed by atoms with Gasteiger partial charge in [-0.25, -0.2) is 0 Å². The zero-order valence-corrected chi connectivity index (χ0v) is 16.2. The van der Waals surface area contributed by atoms with E-state index in [9.17, 15) is 12.6 Å². The summed E-state index contributed by atoms with van der Waals surface area (Å²) in [6, 6.07) is 5.64. The predicted octanol–water partition coefficient (Wildman–Crippen LogP) is 1.52. The molecule has 1 aromatic heterocycles. The molecule has 0 aliphatic rings. The summed E-state index contributed by atoms with van der Waals surface area (Å²) in [7, 11) is 0. The molecule has 1 amide bonds. The molecule has 1 unspecified atom stereocenters.